The van der Waals surface area contributed by atoms with Gasteiger partial charge in [-0.05, 0) is 29.8 Å². The molecule has 4 aromatic rings. The highest BCUT2D eigenvalue weighted by molar-refractivity contribution is 6.30. The van der Waals surface area contributed by atoms with Crippen LogP contribution in [0.3, 0.4) is 0 Å². The van der Waals surface area contributed by atoms with Crippen LogP contribution in [0.1, 0.15) is 5.56 Å². The standard InChI is InChI=1S/C21H19ClN4O3/c1-29-12-11-25-20(27)18-19(23-14-24(18)13-15-5-3-2-4-6-15)26(21(25)28)17-9-7-16(22)8-10-17/h2-10,14H,11-13H2,1H3. The third-order valence-electron chi connectivity index (χ3n) is 4.70. The van der Waals surface area contributed by atoms with Gasteiger partial charge in [0.25, 0.3) is 5.56 Å². The summed E-state index contributed by atoms with van der Waals surface area (Å²) in [4.78, 5) is 30.7. The Morgan fingerprint density at radius 2 is 1.76 bits per heavy atom. The fourth-order valence-electron chi connectivity index (χ4n) is 3.28. The molecule has 7 nitrogen and oxygen atoms in total. The molecular weight excluding hydrogens is 392 g/mol. The summed E-state index contributed by atoms with van der Waals surface area (Å²) in [7, 11) is 1.53. The first-order chi connectivity index (χ1) is 14.1. The molecule has 0 aliphatic rings. The first kappa shape index (κ1) is 19.2. The van der Waals surface area contributed by atoms with Crippen LogP contribution in [0.2, 0.25) is 5.02 Å². The Labute approximate surface area is 171 Å². The van der Waals surface area contributed by atoms with Gasteiger partial charge in [-0.3, -0.25) is 9.36 Å². The molecule has 2 aromatic heterocycles. The Balaban J connectivity index is 1.97. The molecule has 0 fully saturated rings. The van der Waals surface area contributed by atoms with E-state index in [1.54, 1.807) is 35.2 Å². The molecule has 0 N–H and O–H groups in total. The lowest BCUT2D eigenvalue weighted by molar-refractivity contribution is 0.184. The molecule has 29 heavy (non-hydrogen) atoms. The van der Waals surface area contributed by atoms with Crippen molar-refractivity contribution in [3.63, 3.8) is 0 Å². The van der Waals surface area contributed by atoms with Gasteiger partial charge in [-0.25, -0.2) is 14.3 Å². The smallest absolute Gasteiger partial charge is 0.337 e. The number of hydrogen-bond acceptors (Lipinski definition) is 4. The lowest BCUT2D eigenvalue weighted by atomic mass is 10.2. The van der Waals surface area contributed by atoms with Crippen molar-refractivity contribution in [2.45, 2.75) is 13.1 Å². The zero-order valence-electron chi connectivity index (χ0n) is 15.8. The minimum absolute atomic E-state index is 0.147. The van der Waals surface area contributed by atoms with Gasteiger partial charge in [0.15, 0.2) is 11.2 Å². The third kappa shape index (κ3) is 3.62. The van der Waals surface area contributed by atoms with E-state index < -0.39 is 5.69 Å². The number of aromatic nitrogens is 4. The van der Waals surface area contributed by atoms with E-state index in [1.807, 2.05) is 30.3 Å². The fraction of sp³-hybridized carbons (Fsp3) is 0.190. The molecule has 0 amide bonds. The van der Waals surface area contributed by atoms with Gasteiger partial charge in [-0.1, -0.05) is 41.9 Å². The molecule has 0 saturated carbocycles. The van der Waals surface area contributed by atoms with E-state index in [-0.39, 0.29) is 18.7 Å². The van der Waals surface area contributed by atoms with Crippen molar-refractivity contribution in [1.29, 1.82) is 0 Å². The van der Waals surface area contributed by atoms with Gasteiger partial charge in [0, 0.05) is 18.7 Å². The largest absolute Gasteiger partial charge is 0.383 e. The summed E-state index contributed by atoms with van der Waals surface area (Å²) in [6.07, 6.45) is 1.59. The molecule has 0 atom stereocenters. The third-order valence-corrected chi connectivity index (χ3v) is 4.95. The van der Waals surface area contributed by atoms with Gasteiger partial charge in [0.05, 0.1) is 25.2 Å². The quantitative estimate of drug-likeness (QED) is 0.490. The van der Waals surface area contributed by atoms with E-state index in [9.17, 15) is 9.59 Å². The number of halogens is 1. The lowest BCUT2D eigenvalue weighted by Gasteiger charge is -2.12. The molecule has 0 spiro atoms. The van der Waals surface area contributed by atoms with Gasteiger partial charge < -0.3 is 9.30 Å². The van der Waals surface area contributed by atoms with E-state index >= 15 is 0 Å². The van der Waals surface area contributed by atoms with Gasteiger partial charge in [0.1, 0.15) is 0 Å². The number of hydrogen-bond donors (Lipinski definition) is 0. The summed E-state index contributed by atoms with van der Waals surface area (Å²) in [5.74, 6) is 0. The Kier molecular flexibility index (Phi) is 5.33. The van der Waals surface area contributed by atoms with Crippen LogP contribution in [-0.4, -0.2) is 32.4 Å². The van der Waals surface area contributed by atoms with Crippen molar-refractivity contribution in [3.05, 3.63) is 92.3 Å². The lowest BCUT2D eigenvalue weighted by Crippen LogP contribution is -2.41. The normalized spacial score (nSPS) is 11.2. The zero-order chi connectivity index (χ0) is 20.4. The summed E-state index contributed by atoms with van der Waals surface area (Å²) in [6, 6.07) is 16.6. The maximum atomic E-state index is 13.2. The van der Waals surface area contributed by atoms with Crippen LogP contribution in [0, 0.1) is 0 Å². The molecule has 0 bridgehead atoms. The number of ether oxygens (including phenoxy) is 1. The summed E-state index contributed by atoms with van der Waals surface area (Å²) < 4.78 is 9.47. The molecular formula is C21H19ClN4O3. The monoisotopic (exact) mass is 410 g/mol. The molecule has 2 aromatic carbocycles. The summed E-state index contributed by atoms with van der Waals surface area (Å²) in [5.41, 5.74) is 1.43. The van der Waals surface area contributed by atoms with Crippen molar-refractivity contribution < 1.29 is 4.74 Å². The van der Waals surface area contributed by atoms with E-state index in [2.05, 4.69) is 4.98 Å². The molecule has 2 heterocycles. The maximum Gasteiger partial charge on any atom is 0.337 e. The van der Waals surface area contributed by atoms with Gasteiger partial charge >= 0.3 is 5.69 Å². The first-order valence-electron chi connectivity index (χ1n) is 9.09. The molecule has 148 valence electrons. The predicted octanol–water partition coefficient (Wildman–Crippen LogP) is 2.70. The van der Waals surface area contributed by atoms with Crippen LogP contribution >= 0.6 is 11.6 Å². The molecule has 0 unspecified atom stereocenters. The van der Waals surface area contributed by atoms with Crippen molar-refractivity contribution >= 4 is 22.8 Å². The highest BCUT2D eigenvalue weighted by atomic mass is 35.5. The Bertz CT molecular complexity index is 1260. The van der Waals surface area contributed by atoms with Crippen molar-refractivity contribution in [2.24, 2.45) is 0 Å². The minimum atomic E-state index is -0.466. The van der Waals surface area contributed by atoms with Crippen molar-refractivity contribution in [2.75, 3.05) is 13.7 Å². The second-order valence-corrected chi connectivity index (χ2v) is 7.01. The second kappa shape index (κ2) is 8.06. The molecule has 0 radical (unpaired) electrons. The van der Waals surface area contributed by atoms with Crippen LogP contribution in [0.15, 0.2) is 70.5 Å². The van der Waals surface area contributed by atoms with E-state index in [4.69, 9.17) is 16.3 Å². The summed E-state index contributed by atoms with van der Waals surface area (Å²) in [5, 5.41) is 0.556. The van der Waals surface area contributed by atoms with Crippen LogP contribution in [0.4, 0.5) is 0 Å². The number of nitrogens with zero attached hydrogens (tertiary/aromatic N) is 4. The minimum Gasteiger partial charge on any atom is -0.383 e. The van der Waals surface area contributed by atoms with Gasteiger partial charge in [-0.15, -0.1) is 0 Å². The SMILES string of the molecule is COCCn1c(=O)c2c(ncn2Cc2ccccc2)n(-c2ccc(Cl)cc2)c1=O. The van der Waals surface area contributed by atoms with Gasteiger partial charge in [0.2, 0.25) is 0 Å². The van der Waals surface area contributed by atoms with E-state index in [0.29, 0.717) is 28.4 Å². The Morgan fingerprint density at radius 1 is 1.03 bits per heavy atom. The molecule has 0 aliphatic carbocycles. The van der Waals surface area contributed by atoms with Crippen LogP contribution < -0.4 is 11.2 Å². The molecule has 0 saturated heterocycles. The predicted molar refractivity (Wildman–Crippen MR) is 112 cm³/mol. The molecule has 0 aliphatic heterocycles. The second-order valence-electron chi connectivity index (χ2n) is 6.57. The maximum absolute atomic E-state index is 13.2. The Hall–Kier alpha value is -3.16. The fourth-order valence-corrected chi connectivity index (χ4v) is 3.41. The number of imidazole rings is 1. The zero-order valence-corrected chi connectivity index (χ0v) is 16.5. The van der Waals surface area contributed by atoms with E-state index in [1.165, 1.54) is 16.2 Å². The van der Waals surface area contributed by atoms with Gasteiger partial charge in [-0.2, -0.15) is 0 Å². The highest BCUT2D eigenvalue weighted by Crippen LogP contribution is 2.17. The number of methoxy groups -OCH3 is 1. The number of rotatable bonds is 6. The number of benzene rings is 2. The van der Waals surface area contributed by atoms with Crippen LogP contribution in [-0.2, 0) is 17.8 Å². The van der Waals surface area contributed by atoms with Crippen LogP contribution in [0.25, 0.3) is 16.9 Å². The summed E-state index contributed by atoms with van der Waals surface area (Å²) in [6.45, 7) is 0.859. The number of fused-ring (bicyclic) bond motifs is 1. The molecule has 8 heteroatoms. The summed E-state index contributed by atoms with van der Waals surface area (Å²) >= 11 is 6.00. The first-order valence-corrected chi connectivity index (χ1v) is 9.47. The highest BCUT2D eigenvalue weighted by Gasteiger charge is 2.19. The Morgan fingerprint density at radius 3 is 2.45 bits per heavy atom. The van der Waals surface area contributed by atoms with Crippen molar-refractivity contribution in [1.82, 2.24) is 18.7 Å². The van der Waals surface area contributed by atoms with Crippen molar-refractivity contribution in [3.8, 4) is 5.69 Å². The van der Waals surface area contributed by atoms with Crippen LogP contribution in [0.5, 0.6) is 0 Å². The molecule has 4 rings (SSSR count). The average molecular weight is 411 g/mol. The average Bonchev–Trinajstić information content (AvgIpc) is 3.13. The topological polar surface area (TPSA) is 71.1 Å². The van der Waals surface area contributed by atoms with E-state index in [0.717, 1.165) is 5.56 Å².